The van der Waals surface area contributed by atoms with Crippen molar-refractivity contribution in [1.82, 2.24) is 14.9 Å². The van der Waals surface area contributed by atoms with Crippen molar-refractivity contribution in [2.45, 2.75) is 31.4 Å². The molecule has 0 bridgehead atoms. The number of ether oxygens (including phenoxy) is 2. The Morgan fingerprint density at radius 3 is 2.36 bits per heavy atom. The van der Waals surface area contributed by atoms with Crippen molar-refractivity contribution in [1.29, 1.82) is 0 Å². The summed E-state index contributed by atoms with van der Waals surface area (Å²) in [7, 11) is -1.30. The van der Waals surface area contributed by atoms with Crippen LogP contribution in [0.2, 0.25) is 0 Å². The normalized spacial score (nSPS) is 12.0. The van der Waals surface area contributed by atoms with Crippen molar-refractivity contribution in [2.75, 3.05) is 20.7 Å². The van der Waals surface area contributed by atoms with E-state index in [-0.39, 0.29) is 22.8 Å². The molecule has 0 aliphatic rings. The third kappa shape index (κ3) is 6.77. The van der Waals surface area contributed by atoms with E-state index < -0.39 is 34.0 Å². The van der Waals surface area contributed by atoms with Gasteiger partial charge in [0.1, 0.15) is 10.6 Å². The van der Waals surface area contributed by atoms with E-state index in [2.05, 4.69) is 5.32 Å². The van der Waals surface area contributed by atoms with Crippen LogP contribution in [-0.4, -0.2) is 57.4 Å². The summed E-state index contributed by atoms with van der Waals surface area (Å²) in [4.78, 5) is 35.8. The van der Waals surface area contributed by atoms with Gasteiger partial charge in [-0.25, -0.2) is 18.0 Å². The van der Waals surface area contributed by atoms with Crippen LogP contribution in [0.4, 0.5) is 4.79 Å². The third-order valence-electron chi connectivity index (χ3n) is 4.56. The van der Waals surface area contributed by atoms with Crippen LogP contribution in [0.15, 0.2) is 53.4 Å². The van der Waals surface area contributed by atoms with Gasteiger partial charge in [-0.2, -0.15) is 4.31 Å². The molecule has 1 atom stereocenters. The second-order valence-electron chi connectivity index (χ2n) is 7.01. The summed E-state index contributed by atoms with van der Waals surface area (Å²) >= 11 is 0. The number of hydrogen-bond donors (Lipinski definition) is 2. The topological polar surface area (TPSA) is 131 Å². The van der Waals surface area contributed by atoms with Crippen molar-refractivity contribution >= 4 is 27.9 Å². The zero-order valence-electron chi connectivity index (χ0n) is 18.8. The molecule has 10 nitrogen and oxygen atoms in total. The smallest absolute Gasteiger partial charge is 0.338 e. The number of nitrogens with one attached hydrogen (secondary N) is 2. The first-order valence-electron chi connectivity index (χ1n) is 10.1. The van der Waals surface area contributed by atoms with E-state index in [1.54, 1.807) is 31.2 Å². The van der Waals surface area contributed by atoms with Gasteiger partial charge < -0.3 is 14.8 Å². The summed E-state index contributed by atoms with van der Waals surface area (Å²) < 4.78 is 37.8. The minimum absolute atomic E-state index is 0.0495. The van der Waals surface area contributed by atoms with Crippen LogP contribution in [-0.2, 0) is 26.1 Å². The number of nitrogens with zero attached hydrogens (tertiary/aromatic N) is 1. The highest BCUT2D eigenvalue weighted by atomic mass is 32.2. The SMILES string of the molecule is CCNC(=O)NC(=O)C(C)OC(=O)c1ccc(OC)c(S(=O)(=O)N(C)Cc2ccccc2)c1. The number of carbonyl (C=O) groups excluding carboxylic acids is 3. The van der Waals surface area contributed by atoms with Gasteiger partial charge in [0.2, 0.25) is 10.0 Å². The van der Waals surface area contributed by atoms with Gasteiger partial charge in [0.05, 0.1) is 12.7 Å². The van der Waals surface area contributed by atoms with Crippen molar-refractivity contribution in [3.05, 3.63) is 59.7 Å². The summed E-state index contributed by atoms with van der Waals surface area (Å²) in [5.74, 6) is -1.70. The fraction of sp³-hybridized carbons (Fsp3) is 0.318. The monoisotopic (exact) mass is 477 g/mol. The van der Waals surface area contributed by atoms with Crippen LogP contribution in [0.5, 0.6) is 5.75 Å². The Morgan fingerprint density at radius 2 is 1.76 bits per heavy atom. The number of amides is 3. The highest BCUT2D eigenvalue weighted by Gasteiger charge is 2.28. The van der Waals surface area contributed by atoms with Gasteiger partial charge in [0.25, 0.3) is 5.91 Å². The molecule has 2 rings (SSSR count). The minimum Gasteiger partial charge on any atom is -0.495 e. The van der Waals surface area contributed by atoms with E-state index in [0.717, 1.165) is 15.9 Å². The molecule has 0 saturated carbocycles. The van der Waals surface area contributed by atoms with Gasteiger partial charge in [-0.15, -0.1) is 0 Å². The standard InChI is InChI=1S/C22H27N3O7S/c1-5-23-22(28)24-20(26)15(2)32-21(27)17-11-12-18(31-4)19(13-17)33(29,30)25(3)14-16-9-7-6-8-10-16/h6-13,15H,5,14H2,1-4H3,(H2,23,24,26,28). The van der Waals surface area contributed by atoms with Crippen LogP contribution in [0.3, 0.4) is 0 Å². The Bertz CT molecular complexity index is 1100. The van der Waals surface area contributed by atoms with Gasteiger partial charge in [0.15, 0.2) is 6.10 Å². The molecule has 178 valence electrons. The van der Waals surface area contributed by atoms with E-state index in [1.165, 1.54) is 33.2 Å². The molecule has 0 radical (unpaired) electrons. The maximum atomic E-state index is 13.2. The Labute approximate surface area is 192 Å². The number of esters is 1. The van der Waals surface area contributed by atoms with Gasteiger partial charge in [-0.3, -0.25) is 10.1 Å². The third-order valence-corrected chi connectivity index (χ3v) is 6.39. The molecule has 0 aliphatic carbocycles. The van der Waals surface area contributed by atoms with Crippen molar-refractivity contribution in [2.24, 2.45) is 0 Å². The Balaban J connectivity index is 2.23. The van der Waals surface area contributed by atoms with Crippen LogP contribution in [0.1, 0.15) is 29.8 Å². The van der Waals surface area contributed by atoms with Crippen molar-refractivity contribution in [3.63, 3.8) is 0 Å². The van der Waals surface area contributed by atoms with Gasteiger partial charge in [-0.1, -0.05) is 30.3 Å². The Kier molecular flexibility index (Phi) is 8.94. The van der Waals surface area contributed by atoms with Gasteiger partial charge in [-0.05, 0) is 37.6 Å². The largest absolute Gasteiger partial charge is 0.495 e. The summed E-state index contributed by atoms with van der Waals surface area (Å²) in [6, 6.07) is 12.1. The van der Waals surface area contributed by atoms with E-state index in [9.17, 15) is 22.8 Å². The van der Waals surface area contributed by atoms with E-state index in [4.69, 9.17) is 9.47 Å². The lowest BCUT2D eigenvalue weighted by Gasteiger charge is -2.20. The first-order chi connectivity index (χ1) is 15.6. The molecule has 2 aromatic rings. The Morgan fingerprint density at radius 1 is 1.09 bits per heavy atom. The maximum Gasteiger partial charge on any atom is 0.338 e. The minimum atomic E-state index is -4.03. The number of carbonyl (C=O) groups is 3. The number of benzene rings is 2. The zero-order chi connectivity index (χ0) is 24.6. The van der Waals surface area contributed by atoms with Gasteiger partial charge in [0, 0.05) is 20.1 Å². The number of hydrogen-bond acceptors (Lipinski definition) is 7. The van der Waals surface area contributed by atoms with Crippen LogP contribution in [0, 0.1) is 0 Å². The quantitative estimate of drug-likeness (QED) is 0.528. The molecule has 0 spiro atoms. The van der Waals surface area contributed by atoms with Crippen LogP contribution in [0.25, 0.3) is 0 Å². The lowest BCUT2D eigenvalue weighted by atomic mass is 10.2. The fourth-order valence-corrected chi connectivity index (χ4v) is 4.14. The molecule has 1 unspecified atom stereocenters. The second-order valence-corrected chi connectivity index (χ2v) is 9.02. The van der Waals surface area contributed by atoms with Crippen LogP contribution >= 0.6 is 0 Å². The molecule has 0 aromatic heterocycles. The van der Waals surface area contributed by atoms with Gasteiger partial charge >= 0.3 is 12.0 Å². The average molecular weight is 478 g/mol. The van der Waals surface area contributed by atoms with Crippen molar-refractivity contribution < 1.29 is 32.3 Å². The molecule has 3 amide bonds. The number of urea groups is 1. The highest BCUT2D eigenvalue weighted by molar-refractivity contribution is 7.89. The predicted molar refractivity (Wildman–Crippen MR) is 120 cm³/mol. The molecule has 0 saturated heterocycles. The van der Waals surface area contributed by atoms with Crippen LogP contribution < -0.4 is 15.4 Å². The lowest BCUT2D eigenvalue weighted by molar-refractivity contribution is -0.127. The summed E-state index contributed by atoms with van der Waals surface area (Å²) in [5.41, 5.74) is 0.685. The zero-order valence-corrected chi connectivity index (χ0v) is 19.6. The van der Waals surface area contributed by atoms with Crippen molar-refractivity contribution in [3.8, 4) is 5.75 Å². The molecule has 0 fully saturated rings. The molecule has 2 N–H and O–H groups in total. The second kappa shape index (κ2) is 11.4. The molecule has 2 aromatic carbocycles. The summed E-state index contributed by atoms with van der Waals surface area (Å²) in [6.45, 7) is 3.40. The molecular formula is C22H27N3O7S. The average Bonchev–Trinajstić information content (AvgIpc) is 2.79. The molecule has 33 heavy (non-hydrogen) atoms. The number of sulfonamides is 1. The maximum absolute atomic E-state index is 13.2. The summed E-state index contributed by atoms with van der Waals surface area (Å²) in [5, 5.41) is 4.42. The number of imide groups is 1. The van der Waals surface area contributed by atoms with E-state index in [1.807, 2.05) is 11.4 Å². The molecule has 11 heteroatoms. The summed E-state index contributed by atoms with van der Waals surface area (Å²) in [6.07, 6.45) is -1.29. The fourth-order valence-electron chi connectivity index (χ4n) is 2.80. The van der Waals surface area contributed by atoms with E-state index in [0.29, 0.717) is 6.54 Å². The first-order valence-corrected chi connectivity index (χ1v) is 11.5. The highest BCUT2D eigenvalue weighted by Crippen LogP contribution is 2.28. The lowest BCUT2D eigenvalue weighted by Crippen LogP contribution is -2.44. The molecule has 0 heterocycles. The Hall–Kier alpha value is -3.44. The van der Waals surface area contributed by atoms with E-state index >= 15 is 0 Å². The first kappa shape index (κ1) is 25.8. The predicted octanol–water partition coefficient (Wildman–Crippen LogP) is 1.91. The molecular weight excluding hydrogens is 450 g/mol. The number of methoxy groups -OCH3 is 1. The molecule has 0 aliphatic heterocycles. The number of rotatable bonds is 9.